The largest absolute Gasteiger partial charge is 0.435 e. The van der Waals surface area contributed by atoms with Crippen molar-refractivity contribution in [1.82, 2.24) is 0 Å². The van der Waals surface area contributed by atoms with E-state index in [1.165, 1.54) is 37.3 Å². The summed E-state index contributed by atoms with van der Waals surface area (Å²) in [5, 5.41) is 5.05. The van der Waals surface area contributed by atoms with Crippen LogP contribution in [-0.4, -0.2) is 18.4 Å². The molecular weight excluding hydrogens is 306 g/mol. The number of ether oxygens (including phenoxy) is 1. The molecule has 7 heteroatoms. The third-order valence-electron chi connectivity index (χ3n) is 2.84. The summed E-state index contributed by atoms with van der Waals surface area (Å²) in [5.74, 6) is -0.178. The molecule has 0 heterocycles. The number of carbonyl (C=O) groups is 2. The van der Waals surface area contributed by atoms with Crippen LogP contribution in [0.1, 0.15) is 17.3 Å². The highest BCUT2D eigenvalue weighted by molar-refractivity contribution is 6.01. The van der Waals surface area contributed by atoms with Gasteiger partial charge in [-0.25, -0.2) is 4.79 Å². The number of hydrogen-bond acceptors (Lipinski definition) is 3. The SMILES string of the molecule is CC(=O)c1cccc(NC(=O)Nc2cccc(OC(F)F)c2)c1. The van der Waals surface area contributed by atoms with Crippen molar-refractivity contribution >= 4 is 23.2 Å². The first kappa shape index (κ1) is 16.4. The molecule has 0 aliphatic carbocycles. The second kappa shape index (κ2) is 7.35. The van der Waals surface area contributed by atoms with E-state index < -0.39 is 12.6 Å². The van der Waals surface area contributed by atoms with E-state index in [0.717, 1.165) is 0 Å². The Kier molecular flexibility index (Phi) is 5.24. The molecule has 2 aromatic carbocycles. The average Bonchev–Trinajstić information content (AvgIpc) is 2.47. The zero-order chi connectivity index (χ0) is 16.8. The normalized spacial score (nSPS) is 10.3. The minimum atomic E-state index is -2.94. The Labute approximate surface area is 131 Å². The summed E-state index contributed by atoms with van der Waals surface area (Å²) in [6.07, 6.45) is 0. The van der Waals surface area contributed by atoms with Crippen LogP contribution in [-0.2, 0) is 0 Å². The van der Waals surface area contributed by atoms with E-state index in [9.17, 15) is 18.4 Å². The van der Waals surface area contributed by atoms with Gasteiger partial charge in [0, 0.05) is 23.0 Å². The molecule has 2 aromatic rings. The lowest BCUT2D eigenvalue weighted by Crippen LogP contribution is -2.19. The Morgan fingerprint density at radius 3 is 2.22 bits per heavy atom. The molecule has 0 fully saturated rings. The zero-order valence-electron chi connectivity index (χ0n) is 12.2. The van der Waals surface area contributed by atoms with Crippen LogP contribution in [0.25, 0.3) is 0 Å². The highest BCUT2D eigenvalue weighted by atomic mass is 19.3. The van der Waals surface area contributed by atoms with Crippen LogP contribution in [0.15, 0.2) is 48.5 Å². The lowest BCUT2D eigenvalue weighted by molar-refractivity contribution is -0.0498. The van der Waals surface area contributed by atoms with E-state index in [-0.39, 0.29) is 11.5 Å². The summed E-state index contributed by atoms with van der Waals surface area (Å²) < 4.78 is 28.6. The molecule has 0 radical (unpaired) electrons. The van der Waals surface area contributed by atoms with Gasteiger partial charge in [-0.2, -0.15) is 8.78 Å². The Balaban J connectivity index is 2.02. The Morgan fingerprint density at radius 2 is 1.61 bits per heavy atom. The molecule has 120 valence electrons. The van der Waals surface area contributed by atoms with Gasteiger partial charge in [-0.05, 0) is 31.2 Å². The fourth-order valence-electron chi connectivity index (χ4n) is 1.86. The maximum Gasteiger partial charge on any atom is 0.387 e. The number of ketones is 1. The Morgan fingerprint density at radius 1 is 1.00 bits per heavy atom. The fourth-order valence-corrected chi connectivity index (χ4v) is 1.86. The minimum absolute atomic E-state index is 0.0589. The third kappa shape index (κ3) is 5.06. The quantitative estimate of drug-likeness (QED) is 0.814. The van der Waals surface area contributed by atoms with Gasteiger partial charge in [0.15, 0.2) is 5.78 Å². The lowest BCUT2D eigenvalue weighted by Gasteiger charge is -2.10. The number of Topliss-reactive ketones (excluding diaryl/α,β-unsaturated/α-hetero) is 1. The predicted molar refractivity (Wildman–Crippen MR) is 82.2 cm³/mol. The molecule has 2 N–H and O–H groups in total. The first-order valence-electron chi connectivity index (χ1n) is 6.68. The number of carbonyl (C=O) groups excluding carboxylic acids is 2. The van der Waals surface area contributed by atoms with Crippen LogP contribution in [0.5, 0.6) is 5.75 Å². The number of rotatable bonds is 5. The molecule has 0 unspecified atom stereocenters. The summed E-state index contributed by atoms with van der Waals surface area (Å²) in [6, 6.07) is 11.5. The van der Waals surface area contributed by atoms with Crippen LogP contribution in [0.4, 0.5) is 25.0 Å². The number of anilines is 2. The van der Waals surface area contributed by atoms with Crippen molar-refractivity contribution in [3.8, 4) is 5.75 Å². The summed E-state index contributed by atoms with van der Waals surface area (Å²) in [7, 11) is 0. The van der Waals surface area contributed by atoms with Gasteiger partial charge >= 0.3 is 12.6 Å². The second-order valence-electron chi connectivity index (χ2n) is 4.62. The maximum absolute atomic E-state index is 12.2. The van der Waals surface area contributed by atoms with E-state index >= 15 is 0 Å². The van der Waals surface area contributed by atoms with Crippen molar-refractivity contribution in [1.29, 1.82) is 0 Å². The summed E-state index contributed by atoms with van der Waals surface area (Å²) >= 11 is 0. The molecule has 0 aliphatic rings. The molecule has 0 aromatic heterocycles. The van der Waals surface area contributed by atoms with E-state index in [1.807, 2.05) is 0 Å². The molecule has 0 spiro atoms. The van der Waals surface area contributed by atoms with Gasteiger partial charge in [-0.15, -0.1) is 0 Å². The van der Waals surface area contributed by atoms with Gasteiger partial charge in [0.05, 0.1) is 0 Å². The molecular formula is C16H14F2N2O3. The highest BCUT2D eigenvalue weighted by Crippen LogP contribution is 2.19. The van der Waals surface area contributed by atoms with Gasteiger partial charge in [-0.1, -0.05) is 18.2 Å². The number of benzene rings is 2. The Hall–Kier alpha value is -2.96. The van der Waals surface area contributed by atoms with Crippen molar-refractivity contribution in [3.05, 3.63) is 54.1 Å². The van der Waals surface area contributed by atoms with Gasteiger partial charge in [0.25, 0.3) is 0 Å². The number of nitrogens with one attached hydrogen (secondary N) is 2. The zero-order valence-corrected chi connectivity index (χ0v) is 12.2. The molecule has 0 saturated carbocycles. The standard InChI is InChI=1S/C16H14F2N2O3/c1-10(21)11-4-2-5-12(8-11)19-16(22)20-13-6-3-7-14(9-13)23-15(17)18/h2-9,15H,1H3,(H2,19,20,22). The number of amides is 2. The molecule has 0 aliphatic heterocycles. The summed E-state index contributed by atoms with van der Waals surface area (Å²) in [4.78, 5) is 23.2. The molecule has 2 rings (SSSR count). The molecule has 0 bridgehead atoms. The van der Waals surface area contributed by atoms with Gasteiger partial charge in [0.2, 0.25) is 0 Å². The highest BCUT2D eigenvalue weighted by Gasteiger charge is 2.08. The smallest absolute Gasteiger partial charge is 0.387 e. The van der Waals surface area contributed by atoms with E-state index in [1.54, 1.807) is 18.2 Å². The third-order valence-corrected chi connectivity index (χ3v) is 2.84. The minimum Gasteiger partial charge on any atom is -0.435 e. The topological polar surface area (TPSA) is 67.4 Å². The molecule has 0 atom stereocenters. The van der Waals surface area contributed by atoms with Crippen molar-refractivity contribution < 1.29 is 23.1 Å². The number of urea groups is 1. The van der Waals surface area contributed by atoms with E-state index in [2.05, 4.69) is 15.4 Å². The van der Waals surface area contributed by atoms with Crippen LogP contribution < -0.4 is 15.4 Å². The maximum atomic E-state index is 12.2. The van der Waals surface area contributed by atoms with Gasteiger partial charge in [-0.3, -0.25) is 4.79 Å². The molecule has 5 nitrogen and oxygen atoms in total. The predicted octanol–water partition coefficient (Wildman–Crippen LogP) is 4.13. The second-order valence-corrected chi connectivity index (χ2v) is 4.62. The summed E-state index contributed by atoms with van der Waals surface area (Å²) in [5.41, 5.74) is 1.20. The lowest BCUT2D eigenvalue weighted by atomic mass is 10.1. The van der Waals surface area contributed by atoms with Crippen LogP contribution >= 0.6 is 0 Å². The number of hydrogen-bond donors (Lipinski definition) is 2. The van der Waals surface area contributed by atoms with Crippen LogP contribution in [0.2, 0.25) is 0 Å². The van der Waals surface area contributed by atoms with Gasteiger partial charge < -0.3 is 15.4 Å². The molecule has 2 amide bonds. The fraction of sp³-hybridized carbons (Fsp3) is 0.125. The van der Waals surface area contributed by atoms with Crippen molar-refractivity contribution in [2.45, 2.75) is 13.5 Å². The van der Waals surface area contributed by atoms with Crippen molar-refractivity contribution in [2.75, 3.05) is 10.6 Å². The van der Waals surface area contributed by atoms with E-state index in [4.69, 9.17) is 0 Å². The number of alkyl halides is 2. The monoisotopic (exact) mass is 320 g/mol. The van der Waals surface area contributed by atoms with Crippen LogP contribution in [0, 0.1) is 0 Å². The Bertz CT molecular complexity index is 720. The van der Waals surface area contributed by atoms with Crippen LogP contribution in [0.3, 0.4) is 0 Å². The number of halogens is 2. The summed E-state index contributed by atoms with van der Waals surface area (Å²) in [6.45, 7) is -1.51. The van der Waals surface area contributed by atoms with Gasteiger partial charge in [0.1, 0.15) is 5.75 Å². The van der Waals surface area contributed by atoms with Crippen molar-refractivity contribution in [2.24, 2.45) is 0 Å². The first-order chi connectivity index (χ1) is 10.9. The van der Waals surface area contributed by atoms with Crippen molar-refractivity contribution in [3.63, 3.8) is 0 Å². The average molecular weight is 320 g/mol. The molecule has 0 saturated heterocycles. The first-order valence-corrected chi connectivity index (χ1v) is 6.68. The van der Waals surface area contributed by atoms with E-state index in [0.29, 0.717) is 16.9 Å². The molecule has 23 heavy (non-hydrogen) atoms.